The van der Waals surface area contributed by atoms with Crippen LogP contribution in [0.4, 0.5) is 0 Å². The highest BCUT2D eigenvalue weighted by Gasteiger charge is 2.29. The molecule has 126 valence electrons. The van der Waals surface area contributed by atoms with Crippen LogP contribution in [0.1, 0.15) is 46.9 Å². The van der Waals surface area contributed by atoms with E-state index in [1.807, 2.05) is 30.6 Å². The number of Topliss-reactive ketones (excluding diaryl/α,β-unsaturated/α-hetero) is 1. The second kappa shape index (κ2) is 6.67. The normalized spacial score (nSPS) is 13.7. The molecule has 3 heteroatoms. The number of ketones is 1. The summed E-state index contributed by atoms with van der Waals surface area (Å²) >= 11 is 0. The molecule has 0 fully saturated rings. The Kier molecular flexibility index (Phi) is 4.22. The summed E-state index contributed by atoms with van der Waals surface area (Å²) < 4.78 is 2.35. The van der Waals surface area contributed by atoms with Crippen LogP contribution in [0, 0.1) is 0 Å². The van der Waals surface area contributed by atoms with Crippen molar-refractivity contribution in [1.29, 1.82) is 0 Å². The van der Waals surface area contributed by atoms with Gasteiger partial charge in [0.15, 0.2) is 5.78 Å². The van der Waals surface area contributed by atoms with Gasteiger partial charge in [0.25, 0.3) is 0 Å². The van der Waals surface area contributed by atoms with Crippen LogP contribution in [0.2, 0.25) is 0 Å². The highest BCUT2D eigenvalue weighted by atomic mass is 16.1. The molecule has 1 aliphatic carbocycles. The van der Waals surface area contributed by atoms with Crippen LogP contribution in [0.3, 0.4) is 0 Å². The molecule has 2 heterocycles. The Bertz CT molecular complexity index is 895. The number of pyridine rings is 1. The van der Waals surface area contributed by atoms with Crippen LogP contribution in [0.15, 0.2) is 54.9 Å². The van der Waals surface area contributed by atoms with E-state index in [0.29, 0.717) is 12.2 Å². The van der Waals surface area contributed by atoms with Gasteiger partial charge in [-0.3, -0.25) is 9.78 Å². The molecule has 4 rings (SSSR count). The van der Waals surface area contributed by atoms with Crippen molar-refractivity contribution in [1.82, 2.24) is 9.55 Å². The minimum absolute atomic E-state index is 0.301. The molecule has 0 spiro atoms. The summed E-state index contributed by atoms with van der Waals surface area (Å²) in [6.45, 7) is 3.04. The third kappa shape index (κ3) is 2.80. The molecular weight excluding hydrogens is 308 g/mol. The zero-order valence-electron chi connectivity index (χ0n) is 14.5. The number of hydrogen-bond acceptors (Lipinski definition) is 2. The maximum atomic E-state index is 12.8. The molecule has 0 saturated heterocycles. The smallest absolute Gasteiger partial charge is 0.165 e. The highest BCUT2D eigenvalue weighted by molar-refractivity contribution is 6.01. The summed E-state index contributed by atoms with van der Waals surface area (Å²) in [6, 6.07) is 14.5. The Balaban J connectivity index is 1.96. The maximum absolute atomic E-state index is 12.8. The Morgan fingerprint density at radius 3 is 2.52 bits per heavy atom. The van der Waals surface area contributed by atoms with E-state index in [1.165, 1.54) is 22.5 Å². The molecule has 0 saturated carbocycles. The molecule has 0 atom stereocenters. The first kappa shape index (κ1) is 15.8. The van der Waals surface area contributed by atoms with E-state index in [0.717, 1.165) is 36.9 Å². The number of hydrogen-bond donors (Lipinski definition) is 0. The van der Waals surface area contributed by atoms with Crippen LogP contribution in [0.5, 0.6) is 0 Å². The average molecular weight is 330 g/mol. The number of aromatic nitrogens is 2. The monoisotopic (exact) mass is 330 g/mol. The van der Waals surface area contributed by atoms with Gasteiger partial charge in [-0.15, -0.1) is 0 Å². The lowest BCUT2D eigenvalue weighted by Crippen LogP contribution is -2.13. The van der Waals surface area contributed by atoms with Gasteiger partial charge in [-0.2, -0.15) is 0 Å². The fourth-order valence-electron chi connectivity index (χ4n) is 4.02. The van der Waals surface area contributed by atoms with E-state index < -0.39 is 0 Å². The van der Waals surface area contributed by atoms with Gasteiger partial charge >= 0.3 is 0 Å². The summed E-state index contributed by atoms with van der Waals surface area (Å²) in [7, 11) is 0. The minimum Gasteiger partial charge on any atom is -0.344 e. The van der Waals surface area contributed by atoms with Gasteiger partial charge in [-0.1, -0.05) is 30.3 Å². The van der Waals surface area contributed by atoms with Crippen LogP contribution >= 0.6 is 0 Å². The molecule has 0 amide bonds. The number of benzene rings is 1. The summed E-state index contributed by atoms with van der Waals surface area (Å²) in [4.78, 5) is 16.9. The maximum Gasteiger partial charge on any atom is 0.165 e. The fourth-order valence-corrected chi connectivity index (χ4v) is 4.02. The molecule has 25 heavy (non-hydrogen) atoms. The number of fused-ring (bicyclic) bond motifs is 1. The van der Waals surface area contributed by atoms with Crippen LogP contribution in [-0.4, -0.2) is 15.3 Å². The summed E-state index contributed by atoms with van der Waals surface area (Å²) in [6.07, 6.45) is 7.06. The van der Waals surface area contributed by atoms with Crippen molar-refractivity contribution in [2.45, 2.75) is 39.2 Å². The van der Waals surface area contributed by atoms with Gasteiger partial charge in [-0.05, 0) is 43.0 Å². The van der Waals surface area contributed by atoms with Crippen LogP contribution in [-0.2, 0) is 19.4 Å². The van der Waals surface area contributed by atoms with Gasteiger partial charge in [0, 0.05) is 48.6 Å². The van der Waals surface area contributed by atoms with E-state index in [4.69, 9.17) is 0 Å². The van der Waals surface area contributed by atoms with Crippen molar-refractivity contribution in [3.8, 4) is 11.3 Å². The Hall–Kier alpha value is -2.68. The third-order valence-electron chi connectivity index (χ3n) is 5.06. The van der Waals surface area contributed by atoms with Gasteiger partial charge in [0.05, 0.1) is 5.69 Å². The van der Waals surface area contributed by atoms with Crippen molar-refractivity contribution in [2.24, 2.45) is 0 Å². The molecule has 0 unspecified atom stereocenters. The van der Waals surface area contributed by atoms with Gasteiger partial charge in [0.2, 0.25) is 0 Å². The molecule has 3 nitrogen and oxygen atoms in total. The molecule has 0 N–H and O–H groups in total. The quantitative estimate of drug-likeness (QED) is 0.696. The lowest BCUT2D eigenvalue weighted by molar-refractivity contribution is 0.0971. The van der Waals surface area contributed by atoms with E-state index in [-0.39, 0.29) is 0 Å². The predicted octanol–water partition coefficient (Wildman–Crippen LogP) is 4.68. The molecule has 0 bridgehead atoms. The minimum atomic E-state index is 0.301. The van der Waals surface area contributed by atoms with E-state index in [2.05, 4.69) is 40.7 Å². The van der Waals surface area contributed by atoms with Crippen LogP contribution in [0.25, 0.3) is 11.3 Å². The molecule has 0 aliphatic heterocycles. The van der Waals surface area contributed by atoms with Crippen molar-refractivity contribution in [2.75, 3.05) is 0 Å². The van der Waals surface area contributed by atoms with E-state index >= 15 is 0 Å². The van der Waals surface area contributed by atoms with Crippen molar-refractivity contribution in [3.05, 3.63) is 77.2 Å². The molecule has 3 aromatic rings. The van der Waals surface area contributed by atoms with Crippen LogP contribution < -0.4 is 0 Å². The lowest BCUT2D eigenvalue weighted by Gasteiger charge is -2.15. The zero-order valence-corrected chi connectivity index (χ0v) is 14.5. The number of nitrogens with zero attached hydrogens (tertiary/aromatic N) is 2. The fraction of sp³-hybridized carbons (Fsp3) is 0.273. The summed E-state index contributed by atoms with van der Waals surface area (Å²) in [5.74, 6) is 0.301. The van der Waals surface area contributed by atoms with Gasteiger partial charge < -0.3 is 4.57 Å². The Morgan fingerprint density at radius 2 is 1.80 bits per heavy atom. The zero-order chi connectivity index (χ0) is 17.2. The topological polar surface area (TPSA) is 34.9 Å². The third-order valence-corrected chi connectivity index (χ3v) is 5.06. The summed E-state index contributed by atoms with van der Waals surface area (Å²) in [5.41, 5.74) is 6.95. The highest BCUT2D eigenvalue weighted by Crippen LogP contribution is 2.37. The summed E-state index contributed by atoms with van der Waals surface area (Å²) in [5, 5.41) is 0. The molecule has 0 radical (unpaired) electrons. The molecule has 1 aliphatic rings. The molecule has 1 aromatic carbocycles. The van der Waals surface area contributed by atoms with Crippen molar-refractivity contribution >= 4 is 5.78 Å². The van der Waals surface area contributed by atoms with Gasteiger partial charge in [0.1, 0.15) is 0 Å². The van der Waals surface area contributed by atoms with Gasteiger partial charge in [-0.25, -0.2) is 0 Å². The Labute approximate surface area is 148 Å². The SMILES string of the molecule is CCn1c2c(c(Cc3ccccc3)c1-c1ccncc1)C(=O)CCC2. The number of carbonyl (C=O) groups excluding carboxylic acids is 1. The largest absolute Gasteiger partial charge is 0.344 e. The second-order valence-electron chi connectivity index (χ2n) is 6.57. The predicted molar refractivity (Wildman–Crippen MR) is 99.9 cm³/mol. The van der Waals surface area contributed by atoms with Crippen molar-refractivity contribution < 1.29 is 4.79 Å². The first-order valence-corrected chi connectivity index (χ1v) is 9.01. The Morgan fingerprint density at radius 1 is 1.04 bits per heavy atom. The second-order valence-corrected chi connectivity index (χ2v) is 6.57. The number of carbonyl (C=O) groups is 1. The van der Waals surface area contributed by atoms with Crippen molar-refractivity contribution in [3.63, 3.8) is 0 Å². The molecular formula is C22H22N2O. The first-order valence-electron chi connectivity index (χ1n) is 9.01. The van der Waals surface area contributed by atoms with E-state index in [9.17, 15) is 4.79 Å². The average Bonchev–Trinajstić information content (AvgIpc) is 2.98. The van der Waals surface area contributed by atoms with E-state index in [1.54, 1.807) is 0 Å². The first-order chi connectivity index (χ1) is 12.3. The molecule has 2 aromatic heterocycles. The lowest BCUT2D eigenvalue weighted by atomic mass is 9.90. The standard InChI is InChI=1S/C22H22N2O/c1-2-24-19-9-6-10-20(25)21(19)18(15-16-7-4-3-5-8-16)22(24)17-11-13-23-14-12-17/h3-5,7-8,11-14H,2,6,9-10,15H2,1H3. The number of rotatable bonds is 4.